The van der Waals surface area contributed by atoms with Gasteiger partial charge in [-0.3, -0.25) is 4.79 Å². The molecule has 0 heterocycles. The third-order valence-corrected chi connectivity index (χ3v) is 1.86. The summed E-state index contributed by atoms with van der Waals surface area (Å²) in [5.41, 5.74) is 2.56. The lowest BCUT2D eigenvalue weighted by molar-refractivity contribution is -0.141. The summed E-state index contributed by atoms with van der Waals surface area (Å²) in [5, 5.41) is 17.3. The summed E-state index contributed by atoms with van der Waals surface area (Å²) in [6, 6.07) is 0. The summed E-state index contributed by atoms with van der Waals surface area (Å²) in [6.45, 7) is 3.50. The number of aliphatic carboxylic acids is 1. The fraction of sp³-hybridized carbons (Fsp3) is 0.600. The van der Waals surface area contributed by atoms with Gasteiger partial charge in [0.15, 0.2) is 0 Å². The highest BCUT2D eigenvalue weighted by Gasteiger charge is 2.14. The van der Waals surface area contributed by atoms with Crippen molar-refractivity contribution < 1.29 is 15.0 Å². The van der Waals surface area contributed by atoms with Crippen LogP contribution in [-0.2, 0) is 4.79 Å². The van der Waals surface area contributed by atoms with E-state index in [2.05, 4.69) is 12.3 Å². The normalized spacial score (nSPS) is 11.8. The zero-order valence-corrected chi connectivity index (χ0v) is 7.70. The molecule has 1 atom stereocenters. The van der Waals surface area contributed by atoms with Crippen molar-refractivity contribution in [2.45, 2.75) is 25.7 Å². The van der Waals surface area contributed by atoms with E-state index in [-0.39, 0.29) is 12.5 Å². The number of aliphatic hydroxyl groups excluding tert-OH is 1. The molecule has 0 aromatic heterocycles. The second-order valence-corrected chi connectivity index (χ2v) is 2.90. The van der Waals surface area contributed by atoms with Gasteiger partial charge >= 0.3 is 5.97 Å². The van der Waals surface area contributed by atoms with Crippen molar-refractivity contribution in [3.05, 3.63) is 18.4 Å². The molecule has 0 saturated carbocycles. The molecule has 0 spiro atoms. The Balaban J connectivity index is 3.80. The Bertz CT molecular complexity index is 192. The van der Waals surface area contributed by atoms with Gasteiger partial charge in [0.05, 0.1) is 5.92 Å². The number of carbonyl (C=O) groups is 1. The van der Waals surface area contributed by atoms with Crippen molar-refractivity contribution in [2.75, 3.05) is 6.61 Å². The molecule has 0 aliphatic heterocycles. The molecule has 2 N–H and O–H groups in total. The fourth-order valence-electron chi connectivity index (χ4n) is 1.07. The van der Waals surface area contributed by atoms with Gasteiger partial charge in [-0.15, -0.1) is 5.73 Å². The summed E-state index contributed by atoms with van der Waals surface area (Å²) in [7, 11) is 0. The van der Waals surface area contributed by atoms with E-state index in [1.807, 2.05) is 0 Å². The van der Waals surface area contributed by atoms with Crippen molar-refractivity contribution in [3.8, 4) is 0 Å². The lowest BCUT2D eigenvalue weighted by atomic mass is 9.99. The molecule has 74 valence electrons. The number of rotatable bonds is 7. The van der Waals surface area contributed by atoms with Crippen LogP contribution < -0.4 is 0 Å². The topological polar surface area (TPSA) is 57.5 Å². The molecule has 0 saturated heterocycles. The van der Waals surface area contributed by atoms with Crippen molar-refractivity contribution in [1.29, 1.82) is 0 Å². The molecule has 0 amide bonds. The number of aliphatic hydroxyl groups is 1. The summed E-state index contributed by atoms with van der Waals surface area (Å²) >= 11 is 0. The Kier molecular flexibility index (Phi) is 6.98. The molecule has 0 bridgehead atoms. The standard InChI is InChI=1S/C10H16O3/c1-2-3-6-9(10(12)13)7-4-5-8-11/h3,9,11H,1,4-8H2,(H,12,13). The molecule has 0 aromatic carbocycles. The average molecular weight is 184 g/mol. The summed E-state index contributed by atoms with van der Waals surface area (Å²) < 4.78 is 0. The van der Waals surface area contributed by atoms with Gasteiger partial charge in [-0.2, -0.15) is 0 Å². The second kappa shape index (κ2) is 7.59. The average Bonchev–Trinajstić information content (AvgIpc) is 2.10. The molecule has 13 heavy (non-hydrogen) atoms. The smallest absolute Gasteiger partial charge is 0.306 e. The van der Waals surface area contributed by atoms with Crippen LogP contribution in [0.25, 0.3) is 0 Å². The molecule has 0 fully saturated rings. The summed E-state index contributed by atoms with van der Waals surface area (Å²) in [6.07, 6.45) is 4.14. The van der Waals surface area contributed by atoms with E-state index in [9.17, 15) is 4.79 Å². The largest absolute Gasteiger partial charge is 0.481 e. The zero-order valence-electron chi connectivity index (χ0n) is 7.70. The number of carboxylic acids is 1. The molecule has 0 aromatic rings. The van der Waals surface area contributed by atoms with Gasteiger partial charge in [0, 0.05) is 6.61 Å². The van der Waals surface area contributed by atoms with E-state index in [1.54, 1.807) is 6.08 Å². The fourth-order valence-corrected chi connectivity index (χ4v) is 1.07. The monoisotopic (exact) mass is 184 g/mol. The first kappa shape index (κ1) is 11.9. The first-order valence-corrected chi connectivity index (χ1v) is 4.40. The maximum Gasteiger partial charge on any atom is 0.306 e. The van der Waals surface area contributed by atoms with Crippen LogP contribution in [0.1, 0.15) is 25.7 Å². The van der Waals surface area contributed by atoms with Gasteiger partial charge in [-0.25, -0.2) is 0 Å². The molecular weight excluding hydrogens is 168 g/mol. The minimum Gasteiger partial charge on any atom is -0.481 e. The molecule has 0 radical (unpaired) electrons. The van der Waals surface area contributed by atoms with Gasteiger partial charge in [0.2, 0.25) is 0 Å². The molecule has 1 unspecified atom stereocenters. The summed E-state index contributed by atoms with van der Waals surface area (Å²) in [5.74, 6) is -1.15. The highest BCUT2D eigenvalue weighted by Crippen LogP contribution is 2.13. The van der Waals surface area contributed by atoms with Crippen LogP contribution in [0.15, 0.2) is 18.4 Å². The molecular formula is C10H16O3. The molecule has 0 rings (SSSR count). The Morgan fingerprint density at radius 1 is 1.54 bits per heavy atom. The van der Waals surface area contributed by atoms with Crippen LogP contribution in [-0.4, -0.2) is 22.8 Å². The van der Waals surface area contributed by atoms with Gasteiger partial charge < -0.3 is 10.2 Å². The van der Waals surface area contributed by atoms with E-state index >= 15 is 0 Å². The highest BCUT2D eigenvalue weighted by molar-refractivity contribution is 5.70. The Morgan fingerprint density at radius 3 is 2.69 bits per heavy atom. The lowest BCUT2D eigenvalue weighted by Gasteiger charge is -2.07. The first-order valence-electron chi connectivity index (χ1n) is 4.40. The van der Waals surface area contributed by atoms with Crippen LogP contribution in [0.4, 0.5) is 0 Å². The van der Waals surface area contributed by atoms with Gasteiger partial charge in [0.25, 0.3) is 0 Å². The molecule has 3 nitrogen and oxygen atoms in total. The Hall–Kier alpha value is -1.05. The van der Waals surface area contributed by atoms with Crippen LogP contribution in [0.2, 0.25) is 0 Å². The molecule has 3 heteroatoms. The third-order valence-electron chi connectivity index (χ3n) is 1.86. The number of hydrogen-bond acceptors (Lipinski definition) is 2. The lowest BCUT2D eigenvalue weighted by Crippen LogP contribution is -2.12. The highest BCUT2D eigenvalue weighted by atomic mass is 16.4. The minimum absolute atomic E-state index is 0.129. The van der Waals surface area contributed by atoms with Crippen molar-refractivity contribution in [2.24, 2.45) is 5.92 Å². The van der Waals surface area contributed by atoms with Crippen molar-refractivity contribution >= 4 is 5.97 Å². The second-order valence-electron chi connectivity index (χ2n) is 2.90. The third kappa shape index (κ3) is 6.14. The predicted octanol–water partition coefficient (Wildman–Crippen LogP) is 1.58. The predicted molar refractivity (Wildman–Crippen MR) is 50.4 cm³/mol. The van der Waals surface area contributed by atoms with Crippen LogP contribution in [0.5, 0.6) is 0 Å². The van der Waals surface area contributed by atoms with Crippen molar-refractivity contribution in [3.63, 3.8) is 0 Å². The zero-order chi connectivity index (χ0) is 10.1. The molecule has 0 aliphatic rings. The van der Waals surface area contributed by atoms with E-state index in [1.165, 1.54) is 0 Å². The van der Waals surface area contributed by atoms with Gasteiger partial charge in [-0.05, 0) is 25.3 Å². The van der Waals surface area contributed by atoms with E-state index in [0.717, 1.165) is 6.42 Å². The molecule has 0 aliphatic carbocycles. The minimum atomic E-state index is -0.788. The number of allylic oxidation sites excluding steroid dienone is 1. The van der Waals surface area contributed by atoms with Gasteiger partial charge in [0.1, 0.15) is 0 Å². The Labute approximate surface area is 78.4 Å². The van der Waals surface area contributed by atoms with Crippen LogP contribution >= 0.6 is 0 Å². The quantitative estimate of drug-likeness (QED) is 0.466. The number of hydrogen-bond donors (Lipinski definition) is 2. The van der Waals surface area contributed by atoms with E-state index in [4.69, 9.17) is 10.2 Å². The maximum absolute atomic E-state index is 10.7. The van der Waals surface area contributed by atoms with E-state index in [0.29, 0.717) is 19.3 Å². The van der Waals surface area contributed by atoms with Crippen LogP contribution in [0.3, 0.4) is 0 Å². The maximum atomic E-state index is 10.7. The van der Waals surface area contributed by atoms with Crippen molar-refractivity contribution in [1.82, 2.24) is 0 Å². The summed E-state index contributed by atoms with van der Waals surface area (Å²) in [4.78, 5) is 10.7. The van der Waals surface area contributed by atoms with E-state index < -0.39 is 5.97 Å². The Morgan fingerprint density at radius 2 is 2.23 bits per heavy atom. The number of unbranched alkanes of at least 4 members (excludes halogenated alkanes) is 1. The van der Waals surface area contributed by atoms with Gasteiger partial charge in [-0.1, -0.05) is 13.0 Å². The first-order chi connectivity index (χ1) is 6.22. The number of carboxylic acid groups (broad SMARTS) is 1. The van der Waals surface area contributed by atoms with Crippen LogP contribution in [0, 0.1) is 5.92 Å². The SMILES string of the molecule is C=C=CCC(CCCCO)C(=O)O.